The summed E-state index contributed by atoms with van der Waals surface area (Å²) in [5.41, 5.74) is 1.34. The van der Waals surface area contributed by atoms with Crippen LogP contribution in [-0.4, -0.2) is 30.2 Å². The fourth-order valence-corrected chi connectivity index (χ4v) is 3.48. The molecular weight excluding hydrogens is 438 g/mol. The normalized spacial score (nSPS) is 12.9. The molecule has 0 unspecified atom stereocenters. The Balaban J connectivity index is 1.53. The van der Waals surface area contributed by atoms with E-state index in [1.807, 2.05) is 0 Å². The van der Waals surface area contributed by atoms with E-state index in [1.54, 1.807) is 56.8 Å². The number of hydrogen-bond donors (Lipinski definition) is 2. The van der Waals surface area contributed by atoms with E-state index in [2.05, 4.69) is 15.6 Å². The topological polar surface area (TPSA) is 81.7 Å². The van der Waals surface area contributed by atoms with Crippen LogP contribution < -0.4 is 24.8 Å². The van der Waals surface area contributed by atoms with E-state index in [1.165, 1.54) is 0 Å². The van der Waals surface area contributed by atoms with Crippen LogP contribution in [0.5, 0.6) is 23.0 Å². The van der Waals surface area contributed by atoms with Gasteiger partial charge in [-0.2, -0.15) is 0 Å². The molecule has 0 spiro atoms. The van der Waals surface area contributed by atoms with Gasteiger partial charge in [0.1, 0.15) is 11.5 Å². The quantitative estimate of drug-likeness (QED) is 0.508. The maximum absolute atomic E-state index is 11.8. The minimum absolute atomic E-state index is 0.0554. The number of ether oxygens (including phenoxy) is 3. The van der Waals surface area contributed by atoms with Crippen molar-refractivity contribution in [1.29, 1.82) is 0 Å². The molecule has 1 aliphatic carbocycles. The number of amides is 1. The number of halogens is 1. The van der Waals surface area contributed by atoms with E-state index in [4.69, 9.17) is 38.0 Å². The SMILES string of the molecule is COc1cc2nccc(Oc3ccc(NC(=S)NC(=O)C4CC4)cc3Cl)c2cc1OC. The van der Waals surface area contributed by atoms with Gasteiger partial charge in [-0.25, -0.2) is 0 Å². The minimum Gasteiger partial charge on any atom is -0.493 e. The number of thiocarbonyl (C=S) groups is 1. The molecule has 1 amide bonds. The number of carbonyl (C=O) groups is 1. The van der Waals surface area contributed by atoms with E-state index in [-0.39, 0.29) is 16.9 Å². The maximum Gasteiger partial charge on any atom is 0.229 e. The summed E-state index contributed by atoms with van der Waals surface area (Å²) in [5, 5.41) is 7.02. The number of hydrogen-bond acceptors (Lipinski definition) is 6. The van der Waals surface area contributed by atoms with Crippen LogP contribution in [0.2, 0.25) is 5.02 Å². The molecule has 0 bridgehead atoms. The lowest BCUT2D eigenvalue weighted by molar-refractivity contribution is -0.120. The number of benzene rings is 2. The molecule has 7 nitrogen and oxygen atoms in total. The van der Waals surface area contributed by atoms with Gasteiger partial charge in [-0.1, -0.05) is 11.6 Å². The van der Waals surface area contributed by atoms with Crippen molar-refractivity contribution in [2.45, 2.75) is 12.8 Å². The van der Waals surface area contributed by atoms with E-state index in [0.29, 0.717) is 39.2 Å². The van der Waals surface area contributed by atoms with Crippen molar-refractivity contribution < 1.29 is 19.0 Å². The predicted molar refractivity (Wildman–Crippen MR) is 123 cm³/mol. The molecule has 1 aromatic heterocycles. The molecule has 160 valence electrons. The molecule has 0 aliphatic heterocycles. The number of nitrogens with zero attached hydrogens (tertiary/aromatic N) is 1. The van der Waals surface area contributed by atoms with Crippen LogP contribution in [0.25, 0.3) is 10.9 Å². The Morgan fingerprint density at radius 3 is 2.48 bits per heavy atom. The summed E-state index contributed by atoms with van der Waals surface area (Å²) >= 11 is 11.6. The average Bonchev–Trinajstić information content (AvgIpc) is 3.60. The third kappa shape index (κ3) is 4.81. The molecule has 4 rings (SSSR count). The number of nitrogens with one attached hydrogen (secondary N) is 2. The summed E-state index contributed by atoms with van der Waals surface area (Å²) in [5.74, 6) is 2.20. The van der Waals surface area contributed by atoms with Gasteiger partial charge in [0.05, 0.1) is 24.8 Å². The second-order valence-corrected chi connectivity index (χ2v) is 7.81. The van der Waals surface area contributed by atoms with Crippen LogP contribution >= 0.6 is 23.8 Å². The minimum atomic E-state index is -0.0554. The fraction of sp³-hybridized carbons (Fsp3) is 0.227. The third-order valence-electron chi connectivity index (χ3n) is 4.80. The van der Waals surface area contributed by atoms with E-state index < -0.39 is 0 Å². The van der Waals surface area contributed by atoms with E-state index in [9.17, 15) is 4.79 Å². The zero-order chi connectivity index (χ0) is 22.0. The van der Waals surface area contributed by atoms with Gasteiger partial charge in [0.25, 0.3) is 0 Å². The van der Waals surface area contributed by atoms with Crippen LogP contribution in [0.3, 0.4) is 0 Å². The molecule has 2 aromatic carbocycles. The number of aromatic nitrogens is 1. The highest BCUT2D eigenvalue weighted by Gasteiger charge is 2.30. The molecule has 0 radical (unpaired) electrons. The molecule has 9 heteroatoms. The average molecular weight is 458 g/mol. The Hall–Kier alpha value is -3.10. The second kappa shape index (κ2) is 8.95. The van der Waals surface area contributed by atoms with Crippen LogP contribution in [-0.2, 0) is 4.79 Å². The maximum atomic E-state index is 11.8. The smallest absolute Gasteiger partial charge is 0.229 e. The molecule has 1 heterocycles. The lowest BCUT2D eigenvalue weighted by Crippen LogP contribution is -2.35. The molecule has 3 aromatic rings. The number of pyridine rings is 1. The van der Waals surface area contributed by atoms with Crippen molar-refractivity contribution in [3.8, 4) is 23.0 Å². The van der Waals surface area contributed by atoms with Gasteiger partial charge in [0.2, 0.25) is 5.91 Å². The van der Waals surface area contributed by atoms with E-state index in [0.717, 1.165) is 18.2 Å². The van der Waals surface area contributed by atoms with Crippen molar-refractivity contribution >= 4 is 51.4 Å². The fourth-order valence-electron chi connectivity index (χ4n) is 3.04. The van der Waals surface area contributed by atoms with Gasteiger partial charge < -0.3 is 24.8 Å². The Kier molecular flexibility index (Phi) is 6.11. The molecular formula is C22H20ClN3O4S. The van der Waals surface area contributed by atoms with Gasteiger partial charge in [-0.3, -0.25) is 9.78 Å². The summed E-state index contributed by atoms with van der Waals surface area (Å²) in [6.45, 7) is 0. The van der Waals surface area contributed by atoms with Crippen molar-refractivity contribution in [3.05, 3.63) is 47.6 Å². The molecule has 0 atom stereocenters. The van der Waals surface area contributed by atoms with Crippen LogP contribution in [0, 0.1) is 5.92 Å². The Morgan fingerprint density at radius 2 is 1.81 bits per heavy atom. The van der Waals surface area contributed by atoms with Crippen LogP contribution in [0.4, 0.5) is 5.69 Å². The summed E-state index contributed by atoms with van der Waals surface area (Å²) in [6, 6.07) is 10.5. The molecule has 2 N–H and O–H groups in total. The highest BCUT2D eigenvalue weighted by Crippen LogP contribution is 2.38. The number of fused-ring (bicyclic) bond motifs is 1. The lowest BCUT2D eigenvalue weighted by Gasteiger charge is -2.14. The number of rotatable bonds is 6. The molecule has 1 aliphatic rings. The first-order chi connectivity index (χ1) is 15.0. The standard InChI is InChI=1S/C22H20ClN3O4S/c1-28-19-10-14-16(11-20(19)29-2)24-8-7-17(14)30-18-6-5-13(9-15(18)23)25-22(31)26-21(27)12-3-4-12/h5-12H,3-4H2,1-2H3,(H2,25,26,27,31). The van der Waals surface area contributed by atoms with Gasteiger partial charge in [0.15, 0.2) is 16.6 Å². The molecule has 0 saturated heterocycles. The monoisotopic (exact) mass is 457 g/mol. The van der Waals surface area contributed by atoms with Gasteiger partial charge >= 0.3 is 0 Å². The first-order valence-corrected chi connectivity index (χ1v) is 10.4. The molecule has 1 fully saturated rings. The summed E-state index contributed by atoms with van der Waals surface area (Å²) in [7, 11) is 3.14. The zero-order valence-corrected chi connectivity index (χ0v) is 18.5. The Morgan fingerprint density at radius 1 is 1.06 bits per heavy atom. The predicted octanol–water partition coefficient (Wildman–Crippen LogP) is 4.92. The van der Waals surface area contributed by atoms with Gasteiger partial charge in [-0.15, -0.1) is 0 Å². The van der Waals surface area contributed by atoms with Crippen LogP contribution in [0.1, 0.15) is 12.8 Å². The lowest BCUT2D eigenvalue weighted by atomic mass is 10.2. The Labute approximate surface area is 189 Å². The van der Waals surface area contributed by atoms with Crippen molar-refractivity contribution in [1.82, 2.24) is 10.3 Å². The molecule has 31 heavy (non-hydrogen) atoms. The van der Waals surface area contributed by atoms with Crippen molar-refractivity contribution in [3.63, 3.8) is 0 Å². The summed E-state index contributed by atoms with van der Waals surface area (Å²) < 4.78 is 16.8. The highest BCUT2D eigenvalue weighted by molar-refractivity contribution is 7.80. The third-order valence-corrected chi connectivity index (χ3v) is 5.30. The zero-order valence-electron chi connectivity index (χ0n) is 16.9. The number of anilines is 1. The van der Waals surface area contributed by atoms with Crippen LogP contribution in [0.15, 0.2) is 42.6 Å². The number of carbonyl (C=O) groups excluding carboxylic acids is 1. The summed E-state index contributed by atoms with van der Waals surface area (Å²) in [6.07, 6.45) is 3.47. The first kappa shape index (κ1) is 21.1. The largest absolute Gasteiger partial charge is 0.493 e. The van der Waals surface area contributed by atoms with Gasteiger partial charge in [0, 0.05) is 29.3 Å². The van der Waals surface area contributed by atoms with Crippen molar-refractivity contribution in [2.75, 3.05) is 19.5 Å². The number of methoxy groups -OCH3 is 2. The highest BCUT2D eigenvalue weighted by atomic mass is 35.5. The molecule has 1 saturated carbocycles. The Bertz CT molecular complexity index is 1170. The second-order valence-electron chi connectivity index (χ2n) is 7.00. The first-order valence-electron chi connectivity index (χ1n) is 9.58. The van der Waals surface area contributed by atoms with Gasteiger partial charge in [-0.05, 0) is 55.4 Å². The van der Waals surface area contributed by atoms with E-state index >= 15 is 0 Å². The summed E-state index contributed by atoms with van der Waals surface area (Å²) in [4.78, 5) is 16.2. The van der Waals surface area contributed by atoms with Crippen molar-refractivity contribution in [2.24, 2.45) is 5.92 Å².